The fourth-order valence-corrected chi connectivity index (χ4v) is 1.43. The summed E-state index contributed by atoms with van der Waals surface area (Å²) >= 11 is 0. The fourth-order valence-electron chi connectivity index (χ4n) is 1.43. The molecule has 0 bridgehead atoms. The average molecular weight is 225 g/mol. The van der Waals surface area contributed by atoms with Crippen LogP contribution < -0.4 is 0 Å². The molecule has 0 amide bonds. The van der Waals surface area contributed by atoms with Crippen molar-refractivity contribution < 1.29 is 18.7 Å². The second-order valence-electron chi connectivity index (χ2n) is 3.35. The van der Waals surface area contributed by atoms with E-state index in [4.69, 9.17) is 10.4 Å². The molecule has 5 heteroatoms. The van der Waals surface area contributed by atoms with Crippen LogP contribution in [0.2, 0.25) is 0 Å². The molecule has 0 aliphatic rings. The third kappa shape index (κ3) is 2.54. The summed E-state index contributed by atoms with van der Waals surface area (Å²) < 4.78 is 25.0. The van der Waals surface area contributed by atoms with Crippen LogP contribution in [0.1, 0.15) is 28.7 Å². The van der Waals surface area contributed by atoms with Gasteiger partial charge in [-0.1, -0.05) is 6.07 Å². The number of rotatable bonds is 3. The number of carboxylic acids is 1. The predicted octanol–water partition coefficient (Wildman–Crippen LogP) is 2.43. The van der Waals surface area contributed by atoms with Crippen molar-refractivity contribution >= 4 is 5.97 Å². The molecule has 84 valence electrons. The van der Waals surface area contributed by atoms with Crippen LogP contribution in [-0.2, 0) is 11.2 Å². The molecule has 1 aromatic carbocycles. The quantitative estimate of drug-likeness (QED) is 0.859. The van der Waals surface area contributed by atoms with Gasteiger partial charge >= 0.3 is 5.97 Å². The van der Waals surface area contributed by atoms with Gasteiger partial charge in [0, 0.05) is 5.56 Å². The SMILES string of the molecule is Cc1cc(CC(=O)O)c(C#N)cc1C(F)F. The molecule has 1 N–H and O–H groups in total. The maximum atomic E-state index is 12.5. The smallest absolute Gasteiger partial charge is 0.307 e. The standard InChI is InChI=1S/C11H9F2NO2/c1-6-2-7(4-10(15)16)8(5-14)3-9(6)11(12)13/h2-3,11H,4H2,1H3,(H,15,16). The zero-order chi connectivity index (χ0) is 12.3. The molecular weight excluding hydrogens is 216 g/mol. The van der Waals surface area contributed by atoms with Crippen LogP contribution >= 0.6 is 0 Å². The summed E-state index contributed by atoms with van der Waals surface area (Å²) in [6, 6.07) is 4.11. The number of nitriles is 1. The Balaban J connectivity index is 3.27. The van der Waals surface area contributed by atoms with Crippen LogP contribution in [0.4, 0.5) is 8.78 Å². The predicted molar refractivity (Wildman–Crippen MR) is 52.2 cm³/mol. The van der Waals surface area contributed by atoms with Crippen LogP contribution in [0, 0.1) is 18.3 Å². The van der Waals surface area contributed by atoms with Gasteiger partial charge < -0.3 is 5.11 Å². The van der Waals surface area contributed by atoms with E-state index >= 15 is 0 Å². The lowest BCUT2D eigenvalue weighted by molar-refractivity contribution is -0.136. The van der Waals surface area contributed by atoms with E-state index in [0.29, 0.717) is 5.56 Å². The first-order valence-corrected chi connectivity index (χ1v) is 4.49. The maximum Gasteiger partial charge on any atom is 0.307 e. The normalized spacial score (nSPS) is 10.2. The molecule has 0 saturated carbocycles. The molecule has 0 aliphatic carbocycles. The van der Waals surface area contributed by atoms with E-state index in [0.717, 1.165) is 6.07 Å². The van der Waals surface area contributed by atoms with Gasteiger partial charge in [0.25, 0.3) is 6.43 Å². The number of hydrogen-bond donors (Lipinski definition) is 1. The van der Waals surface area contributed by atoms with Crippen molar-refractivity contribution in [3.8, 4) is 6.07 Å². The lowest BCUT2D eigenvalue weighted by Crippen LogP contribution is -2.04. The molecular formula is C11H9F2NO2. The van der Waals surface area contributed by atoms with E-state index < -0.39 is 12.4 Å². The van der Waals surface area contributed by atoms with Gasteiger partial charge in [0.05, 0.1) is 18.1 Å². The Bertz CT molecular complexity index is 464. The molecule has 0 spiro atoms. The monoisotopic (exact) mass is 225 g/mol. The number of carbonyl (C=O) groups is 1. The van der Waals surface area contributed by atoms with Crippen molar-refractivity contribution in [2.45, 2.75) is 19.8 Å². The second kappa shape index (κ2) is 4.71. The molecule has 1 rings (SSSR count). The van der Waals surface area contributed by atoms with Crippen molar-refractivity contribution in [3.05, 3.63) is 34.4 Å². The summed E-state index contributed by atoms with van der Waals surface area (Å²) in [5, 5.41) is 17.3. The summed E-state index contributed by atoms with van der Waals surface area (Å²) in [5.41, 5.74) is 0.316. The zero-order valence-corrected chi connectivity index (χ0v) is 8.50. The van der Waals surface area contributed by atoms with Crippen LogP contribution in [-0.4, -0.2) is 11.1 Å². The molecule has 0 atom stereocenters. The van der Waals surface area contributed by atoms with Crippen molar-refractivity contribution in [2.24, 2.45) is 0 Å². The number of halogens is 2. The molecule has 16 heavy (non-hydrogen) atoms. The highest BCUT2D eigenvalue weighted by molar-refractivity contribution is 5.71. The molecule has 0 fully saturated rings. The summed E-state index contributed by atoms with van der Waals surface area (Å²) in [4.78, 5) is 10.5. The van der Waals surface area contributed by atoms with Crippen molar-refractivity contribution in [1.29, 1.82) is 5.26 Å². The van der Waals surface area contributed by atoms with Gasteiger partial charge in [-0.2, -0.15) is 5.26 Å². The second-order valence-corrected chi connectivity index (χ2v) is 3.35. The third-order valence-electron chi connectivity index (χ3n) is 2.19. The van der Waals surface area contributed by atoms with E-state index in [1.807, 2.05) is 0 Å². The third-order valence-corrected chi connectivity index (χ3v) is 2.19. The lowest BCUT2D eigenvalue weighted by Gasteiger charge is -2.08. The van der Waals surface area contributed by atoms with Gasteiger partial charge in [0.15, 0.2) is 0 Å². The number of aryl methyl sites for hydroxylation is 1. The van der Waals surface area contributed by atoms with Crippen LogP contribution in [0.5, 0.6) is 0 Å². The topological polar surface area (TPSA) is 61.1 Å². The number of aliphatic carboxylic acids is 1. The maximum absolute atomic E-state index is 12.5. The fraction of sp³-hybridized carbons (Fsp3) is 0.273. The van der Waals surface area contributed by atoms with Crippen LogP contribution in [0.25, 0.3) is 0 Å². The summed E-state index contributed by atoms with van der Waals surface area (Å²) in [5.74, 6) is -1.10. The Kier molecular flexibility index (Phi) is 3.56. The highest BCUT2D eigenvalue weighted by Gasteiger charge is 2.15. The Labute approximate surface area is 90.9 Å². The lowest BCUT2D eigenvalue weighted by atomic mass is 9.98. The first kappa shape index (κ1) is 12.1. The van der Waals surface area contributed by atoms with Crippen LogP contribution in [0.15, 0.2) is 12.1 Å². The van der Waals surface area contributed by atoms with E-state index in [2.05, 4.69) is 0 Å². The van der Waals surface area contributed by atoms with Gasteiger partial charge in [0.1, 0.15) is 0 Å². The van der Waals surface area contributed by atoms with Crippen molar-refractivity contribution in [3.63, 3.8) is 0 Å². The van der Waals surface area contributed by atoms with Gasteiger partial charge in [-0.05, 0) is 24.1 Å². The zero-order valence-electron chi connectivity index (χ0n) is 8.50. The number of hydrogen-bond acceptors (Lipinski definition) is 2. The molecule has 0 radical (unpaired) electrons. The highest BCUT2D eigenvalue weighted by atomic mass is 19.3. The van der Waals surface area contributed by atoms with Gasteiger partial charge in [0.2, 0.25) is 0 Å². The van der Waals surface area contributed by atoms with E-state index in [9.17, 15) is 13.6 Å². The number of benzene rings is 1. The van der Waals surface area contributed by atoms with Gasteiger partial charge in [-0.25, -0.2) is 8.78 Å². The highest BCUT2D eigenvalue weighted by Crippen LogP contribution is 2.25. The van der Waals surface area contributed by atoms with E-state index in [1.54, 1.807) is 6.07 Å². The summed E-state index contributed by atoms with van der Waals surface area (Å²) in [6.45, 7) is 1.47. The first-order valence-electron chi connectivity index (χ1n) is 4.49. The largest absolute Gasteiger partial charge is 0.481 e. The number of alkyl halides is 2. The molecule has 3 nitrogen and oxygen atoms in total. The van der Waals surface area contributed by atoms with Gasteiger partial charge in [-0.3, -0.25) is 4.79 Å². The number of nitrogens with zero attached hydrogens (tertiary/aromatic N) is 1. The Morgan fingerprint density at radius 2 is 2.19 bits per heavy atom. The van der Waals surface area contributed by atoms with Crippen molar-refractivity contribution in [1.82, 2.24) is 0 Å². The van der Waals surface area contributed by atoms with E-state index in [1.165, 1.54) is 13.0 Å². The minimum Gasteiger partial charge on any atom is -0.481 e. The molecule has 1 aromatic rings. The van der Waals surface area contributed by atoms with E-state index in [-0.39, 0.29) is 23.1 Å². The minimum absolute atomic E-state index is 0.0108. The molecule has 0 saturated heterocycles. The molecule has 0 unspecified atom stereocenters. The summed E-state index contributed by atoms with van der Waals surface area (Å²) in [6.07, 6.45) is -3.00. The van der Waals surface area contributed by atoms with Gasteiger partial charge in [-0.15, -0.1) is 0 Å². The molecule has 0 heterocycles. The Morgan fingerprint density at radius 3 is 2.62 bits per heavy atom. The summed E-state index contributed by atoms with van der Waals surface area (Å²) in [7, 11) is 0. The first-order chi connectivity index (χ1) is 7.45. The number of carboxylic acid groups (broad SMARTS) is 1. The average Bonchev–Trinajstić information content (AvgIpc) is 2.16. The minimum atomic E-state index is -2.66. The van der Waals surface area contributed by atoms with Crippen molar-refractivity contribution in [2.75, 3.05) is 0 Å². The molecule has 0 aromatic heterocycles. The van der Waals surface area contributed by atoms with Crippen LogP contribution in [0.3, 0.4) is 0 Å². The Hall–Kier alpha value is -1.96. The molecule has 0 aliphatic heterocycles. The Morgan fingerprint density at radius 1 is 1.56 bits per heavy atom.